The number of aryl methyl sites for hydroxylation is 3. The number of ether oxygens (including phenoxy) is 1. The molecule has 0 heterocycles. The number of hydrogen-bond donors (Lipinski definition) is 4. The highest BCUT2D eigenvalue weighted by atomic mass is 16.5. The smallest absolute Gasteiger partial charge is 0.126 e. The van der Waals surface area contributed by atoms with E-state index in [2.05, 4.69) is 69.3 Å². The van der Waals surface area contributed by atoms with Crippen LogP contribution in [0.4, 0.5) is 0 Å². The Morgan fingerprint density at radius 2 is 1.00 bits per heavy atom. The fourth-order valence-electron chi connectivity index (χ4n) is 6.08. The van der Waals surface area contributed by atoms with Crippen LogP contribution in [0, 0.1) is 20.8 Å². The quantitative estimate of drug-likeness (QED) is 0.175. The Morgan fingerprint density at radius 3 is 1.49 bits per heavy atom. The largest absolute Gasteiger partial charge is 0.488 e. The summed E-state index contributed by atoms with van der Waals surface area (Å²) in [5, 5.41) is 0. The van der Waals surface area contributed by atoms with Crippen molar-refractivity contribution < 1.29 is 4.74 Å². The van der Waals surface area contributed by atoms with Gasteiger partial charge in [0.1, 0.15) is 12.4 Å². The van der Waals surface area contributed by atoms with Crippen LogP contribution in [0.3, 0.4) is 0 Å². The molecule has 0 aromatic heterocycles. The van der Waals surface area contributed by atoms with Crippen molar-refractivity contribution in [3.05, 3.63) is 111 Å². The molecule has 0 spiro atoms. The summed E-state index contributed by atoms with van der Waals surface area (Å²) in [6.07, 6.45) is 3.15. The van der Waals surface area contributed by atoms with Crippen molar-refractivity contribution in [2.24, 2.45) is 22.9 Å². The molecule has 4 aromatic rings. The second-order valence-corrected chi connectivity index (χ2v) is 11.0. The maximum atomic E-state index is 6.44. The molecule has 0 amide bonds. The molecule has 0 saturated heterocycles. The molecule has 0 fully saturated rings. The van der Waals surface area contributed by atoms with E-state index in [-0.39, 0.29) is 0 Å². The van der Waals surface area contributed by atoms with E-state index in [0.717, 1.165) is 48.1 Å². The van der Waals surface area contributed by atoms with Gasteiger partial charge in [-0.05, 0) is 146 Å². The van der Waals surface area contributed by atoms with Gasteiger partial charge in [0.2, 0.25) is 0 Å². The molecule has 0 aliphatic heterocycles. The van der Waals surface area contributed by atoms with Crippen molar-refractivity contribution in [1.29, 1.82) is 0 Å². The van der Waals surface area contributed by atoms with E-state index in [1.54, 1.807) is 0 Å². The normalized spacial score (nSPS) is 11.2. The highest BCUT2D eigenvalue weighted by Crippen LogP contribution is 2.39. The molecule has 4 aromatic carbocycles. The Bertz CT molecular complexity index is 1390. The summed E-state index contributed by atoms with van der Waals surface area (Å²) >= 11 is 0. The van der Waals surface area contributed by atoms with Crippen LogP contribution < -0.4 is 27.7 Å². The fourth-order valence-corrected chi connectivity index (χ4v) is 6.08. The van der Waals surface area contributed by atoms with Crippen LogP contribution in [0.2, 0.25) is 0 Å². The molecule has 0 atom stereocenters. The highest BCUT2D eigenvalue weighted by molar-refractivity contribution is 5.80. The minimum Gasteiger partial charge on any atom is -0.488 e. The Hall–Kier alpha value is -3.48. The number of hydrogen-bond acceptors (Lipinski definition) is 5. The molecule has 0 aliphatic rings. The van der Waals surface area contributed by atoms with Crippen molar-refractivity contribution in [1.82, 2.24) is 0 Å². The zero-order chi connectivity index (χ0) is 29.4. The van der Waals surface area contributed by atoms with Gasteiger partial charge in [0.25, 0.3) is 0 Å². The minimum absolute atomic E-state index is 0.509. The summed E-state index contributed by atoms with van der Waals surface area (Å²) in [4.78, 5) is 0. The summed E-state index contributed by atoms with van der Waals surface area (Å²) in [6, 6.07) is 23.9. The Labute approximate surface area is 245 Å². The Kier molecular flexibility index (Phi) is 10.7. The van der Waals surface area contributed by atoms with Gasteiger partial charge in [-0.3, -0.25) is 0 Å². The molecule has 41 heavy (non-hydrogen) atoms. The molecule has 0 saturated carbocycles. The maximum absolute atomic E-state index is 6.44. The second-order valence-electron chi connectivity index (χ2n) is 11.0. The lowest BCUT2D eigenvalue weighted by Gasteiger charge is -2.21. The lowest BCUT2D eigenvalue weighted by atomic mass is 9.85. The van der Waals surface area contributed by atoms with Crippen LogP contribution in [0.15, 0.2) is 66.7 Å². The zero-order valence-electron chi connectivity index (χ0n) is 24.9. The monoisotopic (exact) mass is 550 g/mol. The average molecular weight is 551 g/mol. The third-order valence-electron chi connectivity index (χ3n) is 7.68. The van der Waals surface area contributed by atoms with E-state index in [1.807, 2.05) is 18.2 Å². The first-order chi connectivity index (χ1) is 19.9. The van der Waals surface area contributed by atoms with Crippen molar-refractivity contribution in [3.63, 3.8) is 0 Å². The van der Waals surface area contributed by atoms with Crippen LogP contribution in [-0.4, -0.2) is 26.2 Å². The second kappa shape index (κ2) is 14.4. The van der Waals surface area contributed by atoms with Gasteiger partial charge in [0.05, 0.1) is 0 Å². The first kappa shape index (κ1) is 30.5. The number of rotatable bonds is 13. The fraction of sp³-hybridized carbons (Fsp3) is 0.333. The standard InChI is InChI=1S/C36H46N4O/c1-24-17-28(9-13-37)35(29(18-24)10-14-38)32-19-25(2)34(26(3)20-32)33-21-30(11-15-39)36(31(22-33)12-16-40)41-23-27-7-5-4-6-8-27/h4-8,17-22H,9-16,23,37-40H2,1-3H3. The molecular formula is C36H46N4O. The summed E-state index contributed by atoms with van der Waals surface area (Å²) in [6.45, 7) is 9.38. The van der Waals surface area contributed by atoms with Gasteiger partial charge in [-0.1, -0.05) is 60.2 Å². The molecular weight excluding hydrogens is 504 g/mol. The maximum Gasteiger partial charge on any atom is 0.126 e. The lowest BCUT2D eigenvalue weighted by Crippen LogP contribution is -2.11. The molecule has 5 heteroatoms. The topological polar surface area (TPSA) is 113 Å². The van der Waals surface area contributed by atoms with Gasteiger partial charge in [-0.15, -0.1) is 0 Å². The Morgan fingerprint density at radius 1 is 0.537 bits per heavy atom. The molecule has 5 nitrogen and oxygen atoms in total. The van der Waals surface area contributed by atoms with Gasteiger partial charge in [0, 0.05) is 0 Å². The molecule has 0 unspecified atom stereocenters. The average Bonchev–Trinajstić information content (AvgIpc) is 2.93. The Balaban J connectivity index is 1.81. The van der Waals surface area contributed by atoms with Crippen molar-refractivity contribution >= 4 is 0 Å². The van der Waals surface area contributed by atoms with E-state index < -0.39 is 0 Å². The van der Waals surface area contributed by atoms with Gasteiger partial charge in [0.15, 0.2) is 0 Å². The molecule has 4 rings (SSSR count). The van der Waals surface area contributed by atoms with Crippen molar-refractivity contribution in [3.8, 4) is 28.0 Å². The van der Waals surface area contributed by atoms with E-state index in [9.17, 15) is 0 Å². The summed E-state index contributed by atoms with van der Waals surface area (Å²) in [5.74, 6) is 0.915. The van der Waals surface area contributed by atoms with Crippen LogP contribution in [0.25, 0.3) is 22.3 Å². The zero-order valence-corrected chi connectivity index (χ0v) is 24.9. The van der Waals surface area contributed by atoms with Gasteiger partial charge < -0.3 is 27.7 Å². The van der Waals surface area contributed by atoms with Crippen LogP contribution in [0.1, 0.15) is 44.5 Å². The predicted octanol–water partition coefficient (Wildman–Crippen LogP) is 5.53. The van der Waals surface area contributed by atoms with Gasteiger partial charge in [-0.25, -0.2) is 0 Å². The van der Waals surface area contributed by atoms with E-state index in [4.69, 9.17) is 27.7 Å². The van der Waals surface area contributed by atoms with Gasteiger partial charge >= 0.3 is 0 Å². The molecule has 8 N–H and O–H groups in total. The van der Waals surface area contributed by atoms with Crippen molar-refractivity contribution in [2.75, 3.05) is 26.2 Å². The lowest BCUT2D eigenvalue weighted by molar-refractivity contribution is 0.300. The molecule has 0 aliphatic carbocycles. The van der Waals surface area contributed by atoms with Crippen LogP contribution in [0.5, 0.6) is 5.75 Å². The predicted molar refractivity (Wildman–Crippen MR) is 173 cm³/mol. The van der Waals surface area contributed by atoms with E-state index in [1.165, 1.54) is 50.1 Å². The highest BCUT2D eigenvalue weighted by Gasteiger charge is 2.18. The van der Waals surface area contributed by atoms with E-state index >= 15 is 0 Å². The van der Waals surface area contributed by atoms with Crippen molar-refractivity contribution in [2.45, 2.75) is 53.1 Å². The molecule has 216 valence electrons. The SMILES string of the molecule is Cc1cc(CCN)c(-c2cc(C)c(-c3cc(CCN)c(OCc4ccccc4)c(CCN)c3)c(C)c2)c(CCN)c1. The summed E-state index contributed by atoms with van der Waals surface area (Å²) in [7, 11) is 0. The first-order valence-corrected chi connectivity index (χ1v) is 14.8. The van der Waals surface area contributed by atoms with Gasteiger partial charge in [-0.2, -0.15) is 0 Å². The third-order valence-corrected chi connectivity index (χ3v) is 7.68. The summed E-state index contributed by atoms with van der Waals surface area (Å²) in [5.41, 5.74) is 38.8. The summed E-state index contributed by atoms with van der Waals surface area (Å²) < 4.78 is 6.44. The number of nitrogens with two attached hydrogens (primary N) is 4. The van der Waals surface area contributed by atoms with Crippen LogP contribution in [-0.2, 0) is 32.3 Å². The van der Waals surface area contributed by atoms with E-state index in [0.29, 0.717) is 32.8 Å². The number of benzene rings is 4. The minimum atomic E-state index is 0.509. The first-order valence-electron chi connectivity index (χ1n) is 14.8. The molecule has 0 radical (unpaired) electrons. The van der Waals surface area contributed by atoms with Crippen LogP contribution >= 0.6 is 0 Å². The third kappa shape index (κ3) is 7.24. The molecule has 0 bridgehead atoms.